The number of ether oxygens (including phenoxy) is 2. The Bertz CT molecular complexity index is 760. The molecule has 1 heterocycles. The van der Waals surface area contributed by atoms with E-state index in [1.807, 2.05) is 4.57 Å². The maximum Gasteiger partial charge on any atom is 0.308 e. The van der Waals surface area contributed by atoms with Crippen molar-refractivity contribution < 1.29 is 23.9 Å². The van der Waals surface area contributed by atoms with Crippen LogP contribution in [0.3, 0.4) is 0 Å². The van der Waals surface area contributed by atoms with Gasteiger partial charge in [0.2, 0.25) is 0 Å². The van der Waals surface area contributed by atoms with Crippen molar-refractivity contribution in [3.05, 3.63) is 30.0 Å². The third-order valence-electron chi connectivity index (χ3n) is 3.50. The second kappa shape index (κ2) is 7.09. The summed E-state index contributed by atoms with van der Waals surface area (Å²) in [5, 5.41) is 0.798. The molecule has 0 bridgehead atoms. The van der Waals surface area contributed by atoms with Gasteiger partial charge in [-0.05, 0) is 25.5 Å². The van der Waals surface area contributed by atoms with E-state index in [0.29, 0.717) is 30.7 Å². The summed E-state index contributed by atoms with van der Waals surface area (Å²) in [6.07, 6.45) is 2.66. The number of hydrogen-bond acceptors (Lipinski definition) is 5. The lowest BCUT2D eigenvalue weighted by Gasteiger charge is -2.06. The summed E-state index contributed by atoms with van der Waals surface area (Å²) < 4.78 is 11.6. The van der Waals surface area contributed by atoms with Crippen LogP contribution in [0.2, 0.25) is 0 Å². The molecular formula is C17H19NO5. The van der Waals surface area contributed by atoms with Gasteiger partial charge in [0.1, 0.15) is 5.75 Å². The molecule has 2 aromatic rings. The van der Waals surface area contributed by atoms with Gasteiger partial charge in [-0.1, -0.05) is 0 Å². The maximum absolute atomic E-state index is 11.8. The number of nitrogens with zero attached hydrogens (tertiary/aromatic N) is 1. The summed E-state index contributed by atoms with van der Waals surface area (Å²) >= 11 is 0. The van der Waals surface area contributed by atoms with Crippen LogP contribution in [0.1, 0.15) is 37.0 Å². The number of methoxy groups -OCH3 is 1. The van der Waals surface area contributed by atoms with Crippen LogP contribution in [0.25, 0.3) is 10.9 Å². The zero-order valence-electron chi connectivity index (χ0n) is 13.4. The molecule has 0 fully saturated rings. The smallest absolute Gasteiger partial charge is 0.308 e. The van der Waals surface area contributed by atoms with Crippen molar-refractivity contribution in [3.63, 3.8) is 0 Å². The van der Waals surface area contributed by atoms with E-state index in [2.05, 4.69) is 4.74 Å². The lowest BCUT2D eigenvalue weighted by molar-refractivity contribution is -0.140. The number of Topliss-reactive ketones (excluding diaryl/α,β-unsaturated/α-hetero) is 1. The zero-order chi connectivity index (χ0) is 17.0. The van der Waals surface area contributed by atoms with Crippen LogP contribution in [0.5, 0.6) is 5.75 Å². The molecule has 2 rings (SSSR count). The van der Waals surface area contributed by atoms with Gasteiger partial charge in [-0.2, -0.15) is 0 Å². The van der Waals surface area contributed by atoms with Crippen molar-refractivity contribution in [2.75, 3.05) is 7.11 Å². The molecule has 0 aliphatic heterocycles. The van der Waals surface area contributed by atoms with E-state index >= 15 is 0 Å². The number of carbonyl (C=O) groups is 3. The first-order valence-corrected chi connectivity index (χ1v) is 7.31. The summed E-state index contributed by atoms with van der Waals surface area (Å²) in [5.74, 6) is -0.289. The number of benzene rings is 1. The van der Waals surface area contributed by atoms with Crippen LogP contribution >= 0.6 is 0 Å². The van der Waals surface area contributed by atoms with Crippen LogP contribution in [0, 0.1) is 0 Å². The lowest BCUT2D eigenvalue weighted by Crippen LogP contribution is -2.04. The van der Waals surface area contributed by atoms with Crippen molar-refractivity contribution in [3.8, 4) is 5.75 Å². The minimum absolute atomic E-state index is 0.0399. The van der Waals surface area contributed by atoms with Gasteiger partial charge in [-0.15, -0.1) is 0 Å². The van der Waals surface area contributed by atoms with Gasteiger partial charge in [-0.25, -0.2) is 0 Å². The molecule has 0 saturated heterocycles. The number of carbonyl (C=O) groups excluding carboxylic acids is 3. The molecule has 0 aliphatic carbocycles. The molecule has 1 aromatic carbocycles. The Morgan fingerprint density at radius 3 is 2.52 bits per heavy atom. The van der Waals surface area contributed by atoms with Gasteiger partial charge in [0.15, 0.2) is 5.78 Å². The summed E-state index contributed by atoms with van der Waals surface area (Å²) in [4.78, 5) is 34.1. The Balaban J connectivity index is 2.34. The Kier molecular flexibility index (Phi) is 5.16. The molecule has 0 aliphatic rings. The fourth-order valence-electron chi connectivity index (χ4n) is 2.46. The van der Waals surface area contributed by atoms with Crippen LogP contribution in [0.4, 0.5) is 0 Å². The fourth-order valence-corrected chi connectivity index (χ4v) is 2.46. The number of aryl methyl sites for hydroxylation is 1. The van der Waals surface area contributed by atoms with Crippen LogP contribution < -0.4 is 4.74 Å². The number of rotatable bonds is 6. The Morgan fingerprint density at radius 1 is 1.17 bits per heavy atom. The first-order valence-electron chi connectivity index (χ1n) is 7.31. The molecule has 0 amide bonds. The number of esters is 2. The van der Waals surface area contributed by atoms with Crippen LogP contribution in [-0.2, 0) is 20.9 Å². The van der Waals surface area contributed by atoms with Crippen molar-refractivity contribution in [1.82, 2.24) is 4.57 Å². The number of ketones is 1. The van der Waals surface area contributed by atoms with E-state index < -0.39 is 5.97 Å². The minimum Gasteiger partial charge on any atom is -0.469 e. The largest absolute Gasteiger partial charge is 0.469 e. The third-order valence-corrected chi connectivity index (χ3v) is 3.50. The summed E-state index contributed by atoms with van der Waals surface area (Å²) in [7, 11) is 1.35. The average molecular weight is 317 g/mol. The SMILES string of the molecule is COC(=O)CCCn1cc(C(C)=O)c2ccc(OC(C)=O)cc21. The monoisotopic (exact) mass is 317 g/mol. The molecule has 122 valence electrons. The van der Waals surface area contributed by atoms with Crippen molar-refractivity contribution >= 4 is 28.6 Å². The first-order chi connectivity index (χ1) is 10.9. The van der Waals surface area contributed by atoms with Gasteiger partial charge in [0, 0.05) is 43.1 Å². The molecule has 6 heteroatoms. The summed E-state index contributed by atoms with van der Waals surface area (Å²) in [5.41, 5.74) is 1.39. The number of aromatic nitrogens is 1. The van der Waals surface area contributed by atoms with Gasteiger partial charge in [0.05, 0.1) is 12.6 Å². The quantitative estimate of drug-likeness (QED) is 0.465. The molecule has 0 atom stereocenters. The topological polar surface area (TPSA) is 74.6 Å². The molecular weight excluding hydrogens is 298 g/mol. The normalized spacial score (nSPS) is 10.6. The molecule has 1 aromatic heterocycles. The van der Waals surface area contributed by atoms with E-state index in [9.17, 15) is 14.4 Å². The second-order valence-electron chi connectivity index (χ2n) is 5.24. The highest BCUT2D eigenvalue weighted by Gasteiger charge is 2.13. The molecule has 0 saturated carbocycles. The molecule has 0 unspecified atom stereocenters. The van der Waals surface area contributed by atoms with Gasteiger partial charge in [-0.3, -0.25) is 14.4 Å². The van der Waals surface area contributed by atoms with Crippen molar-refractivity contribution in [1.29, 1.82) is 0 Å². The molecule has 0 spiro atoms. The van der Waals surface area contributed by atoms with E-state index in [1.165, 1.54) is 21.0 Å². The van der Waals surface area contributed by atoms with E-state index in [4.69, 9.17) is 4.74 Å². The maximum atomic E-state index is 11.8. The average Bonchev–Trinajstić information content (AvgIpc) is 2.85. The summed E-state index contributed by atoms with van der Waals surface area (Å²) in [6, 6.07) is 5.15. The Morgan fingerprint density at radius 2 is 1.91 bits per heavy atom. The molecule has 0 radical (unpaired) electrons. The fraction of sp³-hybridized carbons (Fsp3) is 0.353. The van der Waals surface area contributed by atoms with Gasteiger partial charge < -0.3 is 14.0 Å². The second-order valence-corrected chi connectivity index (χ2v) is 5.24. The highest BCUT2D eigenvalue weighted by atomic mass is 16.5. The first kappa shape index (κ1) is 16.7. The standard InChI is InChI=1S/C17H19NO5/c1-11(19)15-10-18(8-4-5-17(21)22-3)16-9-13(23-12(2)20)6-7-14(15)16/h6-7,9-10H,4-5,8H2,1-3H3. The van der Waals surface area contributed by atoms with E-state index in [1.54, 1.807) is 24.4 Å². The predicted molar refractivity (Wildman–Crippen MR) is 84.5 cm³/mol. The predicted octanol–water partition coefficient (Wildman–Crippen LogP) is 2.72. The molecule has 23 heavy (non-hydrogen) atoms. The highest BCUT2D eigenvalue weighted by Crippen LogP contribution is 2.27. The molecule has 0 N–H and O–H groups in total. The van der Waals surface area contributed by atoms with Crippen LogP contribution in [-0.4, -0.2) is 29.4 Å². The minimum atomic E-state index is -0.403. The molecule has 6 nitrogen and oxygen atoms in total. The van der Waals surface area contributed by atoms with E-state index in [0.717, 1.165) is 10.9 Å². The van der Waals surface area contributed by atoms with E-state index in [-0.39, 0.29) is 11.8 Å². The van der Waals surface area contributed by atoms with Gasteiger partial charge in [0.25, 0.3) is 0 Å². The lowest BCUT2D eigenvalue weighted by atomic mass is 10.1. The number of fused-ring (bicyclic) bond motifs is 1. The third kappa shape index (κ3) is 3.97. The van der Waals surface area contributed by atoms with Crippen molar-refractivity contribution in [2.24, 2.45) is 0 Å². The van der Waals surface area contributed by atoms with Gasteiger partial charge >= 0.3 is 11.9 Å². The zero-order valence-corrected chi connectivity index (χ0v) is 13.4. The summed E-state index contributed by atoms with van der Waals surface area (Å²) in [6.45, 7) is 3.40. The highest BCUT2D eigenvalue weighted by molar-refractivity contribution is 6.07. The van der Waals surface area contributed by atoms with Crippen molar-refractivity contribution in [2.45, 2.75) is 33.2 Å². The Hall–Kier alpha value is -2.63. The van der Waals surface area contributed by atoms with Crippen LogP contribution in [0.15, 0.2) is 24.4 Å². The Labute approximate surface area is 134 Å². The number of hydrogen-bond donors (Lipinski definition) is 0.